The Balaban J connectivity index is 2.38. The van der Waals surface area contributed by atoms with E-state index in [0.29, 0.717) is 17.8 Å². The van der Waals surface area contributed by atoms with Gasteiger partial charge in [0, 0.05) is 23.9 Å². The summed E-state index contributed by atoms with van der Waals surface area (Å²) < 4.78 is 48.8. The fourth-order valence-electron chi connectivity index (χ4n) is 1.91. The number of hydrogen-bond acceptors (Lipinski definition) is 5. The summed E-state index contributed by atoms with van der Waals surface area (Å²) in [4.78, 5) is 14.3. The van der Waals surface area contributed by atoms with Gasteiger partial charge in [0.15, 0.2) is 0 Å². The first-order valence-corrected chi connectivity index (χ1v) is 7.78. The van der Waals surface area contributed by atoms with Crippen LogP contribution in [0.25, 0.3) is 6.08 Å². The number of carboxylic acid groups (broad SMARTS) is 1. The number of aliphatic carboxylic acids is 1. The van der Waals surface area contributed by atoms with Gasteiger partial charge in [0.05, 0.1) is 12.2 Å². The van der Waals surface area contributed by atoms with Gasteiger partial charge in [-0.15, -0.1) is 0 Å². The van der Waals surface area contributed by atoms with Crippen LogP contribution in [0.1, 0.15) is 11.1 Å². The van der Waals surface area contributed by atoms with Gasteiger partial charge in [-0.3, -0.25) is 0 Å². The molecule has 1 aromatic heterocycles. The molecule has 1 aromatic carbocycles. The molecule has 2 N–H and O–H groups in total. The van der Waals surface area contributed by atoms with Crippen LogP contribution in [0, 0.1) is 0 Å². The molecule has 0 bridgehead atoms. The number of hydrogen-bond donors (Lipinski definition) is 2. The van der Waals surface area contributed by atoms with Crippen LogP contribution in [0.4, 0.5) is 13.2 Å². The maximum atomic E-state index is 12.7. The van der Waals surface area contributed by atoms with E-state index < -0.39 is 17.7 Å². The minimum absolute atomic E-state index is 0.00301. The van der Waals surface area contributed by atoms with Crippen LogP contribution in [0.15, 0.2) is 36.5 Å². The molecule has 0 spiro atoms. The molecule has 0 aliphatic rings. The predicted molar refractivity (Wildman–Crippen MR) is 90.0 cm³/mol. The van der Waals surface area contributed by atoms with Crippen molar-refractivity contribution < 1.29 is 37.7 Å². The zero-order chi connectivity index (χ0) is 20.0. The van der Waals surface area contributed by atoms with Crippen LogP contribution in [0.5, 0.6) is 17.4 Å². The third kappa shape index (κ3) is 5.87. The number of pyridine rings is 1. The molecule has 0 aliphatic carbocycles. The first-order valence-electron chi connectivity index (χ1n) is 7.40. The number of aliphatic hydroxyl groups excluding tert-OH is 1. The van der Waals surface area contributed by atoms with Gasteiger partial charge in [-0.25, -0.2) is 9.78 Å². The summed E-state index contributed by atoms with van der Waals surface area (Å²) in [6, 6.07) is 5.01. The maximum Gasteiger partial charge on any atom is 0.417 e. The molecule has 1 heterocycles. The Morgan fingerprint density at radius 2 is 2.04 bits per heavy atom. The smallest absolute Gasteiger partial charge is 0.417 e. The lowest BCUT2D eigenvalue weighted by atomic mass is 10.1. The highest BCUT2D eigenvalue weighted by Crippen LogP contribution is 2.36. The Kier molecular flexibility index (Phi) is 6.65. The minimum atomic E-state index is -4.61. The maximum absolute atomic E-state index is 12.7. The standard InChI is InChI=1S/C17H13ClF3NO5/c18-13-7-11(17(19,20)21)9-22-16(13)27-14-8-12(26-6-5-23)3-1-10(14)2-4-15(24)25/h1-4,7-9,23H,5-6H2,(H,24,25). The van der Waals surface area contributed by atoms with E-state index in [4.69, 9.17) is 31.3 Å². The van der Waals surface area contributed by atoms with E-state index in [9.17, 15) is 18.0 Å². The second-order valence-corrected chi connectivity index (χ2v) is 5.46. The quantitative estimate of drug-likeness (QED) is 0.679. The highest BCUT2D eigenvalue weighted by Gasteiger charge is 2.31. The van der Waals surface area contributed by atoms with Gasteiger partial charge < -0.3 is 19.7 Å². The second-order valence-electron chi connectivity index (χ2n) is 5.05. The molecular weight excluding hydrogens is 391 g/mol. The SMILES string of the molecule is O=C(O)C=Cc1ccc(OCCO)cc1Oc1ncc(C(F)(F)F)cc1Cl. The van der Waals surface area contributed by atoms with Crippen LogP contribution in [-0.2, 0) is 11.0 Å². The van der Waals surface area contributed by atoms with E-state index in [-0.39, 0.29) is 35.6 Å². The van der Waals surface area contributed by atoms with Crippen molar-refractivity contribution in [3.8, 4) is 17.4 Å². The Morgan fingerprint density at radius 1 is 1.30 bits per heavy atom. The molecule has 0 aliphatic heterocycles. The molecule has 0 unspecified atom stereocenters. The second kappa shape index (κ2) is 8.74. The molecule has 27 heavy (non-hydrogen) atoms. The van der Waals surface area contributed by atoms with Crippen LogP contribution >= 0.6 is 11.6 Å². The number of nitrogens with zero attached hydrogens (tertiary/aromatic N) is 1. The summed E-state index contributed by atoms with van der Waals surface area (Å²) in [6.45, 7) is -0.230. The van der Waals surface area contributed by atoms with Crippen molar-refractivity contribution >= 4 is 23.6 Å². The van der Waals surface area contributed by atoms with E-state index in [1.807, 2.05) is 0 Å². The van der Waals surface area contributed by atoms with E-state index in [1.165, 1.54) is 24.3 Å². The Morgan fingerprint density at radius 3 is 2.63 bits per heavy atom. The summed E-state index contributed by atoms with van der Waals surface area (Å²) in [5, 5.41) is 17.2. The number of aromatic nitrogens is 1. The molecule has 0 saturated carbocycles. The molecule has 0 atom stereocenters. The lowest BCUT2D eigenvalue weighted by molar-refractivity contribution is -0.138. The summed E-state index contributed by atoms with van der Waals surface area (Å²) in [5.41, 5.74) is -0.739. The summed E-state index contributed by atoms with van der Waals surface area (Å²) >= 11 is 5.82. The van der Waals surface area contributed by atoms with Crippen LogP contribution in [0.3, 0.4) is 0 Å². The predicted octanol–water partition coefficient (Wildman–Crippen LogP) is 4.02. The average molecular weight is 404 g/mol. The fourth-order valence-corrected chi connectivity index (χ4v) is 2.12. The number of halogens is 4. The molecule has 0 fully saturated rings. The van der Waals surface area contributed by atoms with E-state index in [0.717, 1.165) is 6.08 Å². The van der Waals surface area contributed by atoms with E-state index in [1.54, 1.807) is 0 Å². The molecule has 144 valence electrons. The lowest BCUT2D eigenvalue weighted by Crippen LogP contribution is -2.06. The number of aliphatic hydroxyl groups is 1. The van der Waals surface area contributed by atoms with Crippen molar-refractivity contribution in [2.24, 2.45) is 0 Å². The number of carboxylic acids is 1. The van der Waals surface area contributed by atoms with Gasteiger partial charge in [-0.05, 0) is 24.3 Å². The zero-order valence-corrected chi connectivity index (χ0v) is 14.3. The molecule has 0 amide bonds. The first-order chi connectivity index (χ1) is 12.7. The monoisotopic (exact) mass is 403 g/mol. The molecule has 0 radical (unpaired) electrons. The van der Waals surface area contributed by atoms with Crippen molar-refractivity contribution in [2.75, 3.05) is 13.2 Å². The molecule has 2 rings (SSSR count). The molecule has 6 nitrogen and oxygen atoms in total. The lowest BCUT2D eigenvalue weighted by Gasteiger charge is -2.13. The Labute approximate surface area is 156 Å². The van der Waals surface area contributed by atoms with Gasteiger partial charge in [0.25, 0.3) is 0 Å². The van der Waals surface area contributed by atoms with Gasteiger partial charge in [0.2, 0.25) is 5.88 Å². The Hall–Kier alpha value is -2.78. The fraction of sp³-hybridized carbons (Fsp3) is 0.176. The van der Waals surface area contributed by atoms with Gasteiger partial charge in [-0.2, -0.15) is 13.2 Å². The van der Waals surface area contributed by atoms with Crippen molar-refractivity contribution in [1.82, 2.24) is 4.98 Å². The summed E-state index contributed by atoms with van der Waals surface area (Å²) in [5.74, 6) is -1.16. The third-order valence-corrected chi connectivity index (χ3v) is 3.36. The largest absolute Gasteiger partial charge is 0.491 e. The molecule has 10 heteroatoms. The van der Waals surface area contributed by atoms with E-state index in [2.05, 4.69) is 4.98 Å². The van der Waals surface area contributed by atoms with Crippen LogP contribution < -0.4 is 9.47 Å². The van der Waals surface area contributed by atoms with Gasteiger partial charge in [-0.1, -0.05) is 11.6 Å². The average Bonchev–Trinajstić information content (AvgIpc) is 2.59. The van der Waals surface area contributed by atoms with Crippen molar-refractivity contribution in [2.45, 2.75) is 6.18 Å². The minimum Gasteiger partial charge on any atom is -0.491 e. The number of ether oxygens (including phenoxy) is 2. The molecule has 2 aromatic rings. The highest BCUT2D eigenvalue weighted by atomic mass is 35.5. The zero-order valence-electron chi connectivity index (χ0n) is 13.5. The van der Waals surface area contributed by atoms with E-state index >= 15 is 0 Å². The number of alkyl halides is 3. The molecule has 0 saturated heterocycles. The van der Waals surface area contributed by atoms with Gasteiger partial charge in [0.1, 0.15) is 23.1 Å². The third-order valence-electron chi connectivity index (χ3n) is 3.09. The van der Waals surface area contributed by atoms with Crippen LogP contribution in [0.2, 0.25) is 5.02 Å². The highest BCUT2D eigenvalue weighted by molar-refractivity contribution is 6.31. The normalized spacial score (nSPS) is 11.6. The Bertz CT molecular complexity index is 855. The van der Waals surface area contributed by atoms with Crippen molar-refractivity contribution in [3.63, 3.8) is 0 Å². The summed E-state index contributed by atoms with van der Waals surface area (Å²) in [6.07, 6.45) is -1.95. The summed E-state index contributed by atoms with van der Waals surface area (Å²) in [7, 11) is 0. The number of rotatable bonds is 7. The van der Waals surface area contributed by atoms with Crippen molar-refractivity contribution in [3.05, 3.63) is 52.7 Å². The number of benzene rings is 1. The number of carbonyl (C=O) groups is 1. The first kappa shape index (κ1) is 20.5. The van der Waals surface area contributed by atoms with Gasteiger partial charge >= 0.3 is 12.1 Å². The van der Waals surface area contributed by atoms with Crippen molar-refractivity contribution in [1.29, 1.82) is 0 Å². The topological polar surface area (TPSA) is 88.9 Å². The van der Waals surface area contributed by atoms with Crippen LogP contribution in [-0.4, -0.2) is 34.4 Å². The molecular formula is C17H13ClF3NO5.